The maximum absolute atomic E-state index is 12.9. The standard InChI is InChI=1S/C20H21ClN6O3/c1-24-20(29)27-7-4-15(11-17(27)23-24)26-8-9-30-16-10-13(12-22-18(16)26)19(28)25-5-2-14(21)3-6-25/h4,7,10-12,14H,2-3,5-6,8-9H2,1H3. The molecule has 2 aliphatic heterocycles. The van der Waals surface area contributed by atoms with Gasteiger partial charge in [0.05, 0.1) is 12.1 Å². The van der Waals surface area contributed by atoms with Gasteiger partial charge in [-0.2, -0.15) is 5.10 Å². The Kier molecular flexibility index (Phi) is 4.62. The van der Waals surface area contributed by atoms with Crippen LogP contribution in [0.3, 0.4) is 0 Å². The van der Waals surface area contributed by atoms with Crippen molar-refractivity contribution in [2.24, 2.45) is 7.05 Å². The van der Waals surface area contributed by atoms with Gasteiger partial charge in [-0.15, -0.1) is 11.6 Å². The average molecular weight is 429 g/mol. The number of pyridine rings is 2. The predicted molar refractivity (Wildman–Crippen MR) is 112 cm³/mol. The van der Waals surface area contributed by atoms with Crippen molar-refractivity contribution >= 4 is 34.7 Å². The molecule has 0 N–H and O–H groups in total. The Hall–Kier alpha value is -3.07. The SMILES string of the molecule is Cn1nc2cc(N3CCOc4cc(C(=O)N5CCC(Cl)CC5)cnc43)ccn2c1=O. The first-order valence-electron chi connectivity index (χ1n) is 9.90. The van der Waals surface area contributed by atoms with Gasteiger partial charge in [-0.25, -0.2) is 14.5 Å². The van der Waals surface area contributed by atoms with Gasteiger partial charge in [-0.1, -0.05) is 0 Å². The number of carbonyl (C=O) groups is 1. The summed E-state index contributed by atoms with van der Waals surface area (Å²) in [4.78, 5) is 33.3. The first kappa shape index (κ1) is 18.9. The molecule has 5 heterocycles. The van der Waals surface area contributed by atoms with E-state index in [-0.39, 0.29) is 17.0 Å². The maximum Gasteiger partial charge on any atom is 0.350 e. The lowest BCUT2D eigenvalue weighted by Crippen LogP contribution is -2.39. The van der Waals surface area contributed by atoms with Crippen molar-refractivity contribution in [3.63, 3.8) is 0 Å². The zero-order valence-electron chi connectivity index (χ0n) is 16.5. The molecule has 0 aromatic carbocycles. The highest BCUT2D eigenvalue weighted by atomic mass is 35.5. The number of amides is 1. The number of nitrogens with zero attached hydrogens (tertiary/aromatic N) is 6. The van der Waals surface area contributed by atoms with E-state index in [1.807, 2.05) is 21.9 Å². The second kappa shape index (κ2) is 7.32. The van der Waals surface area contributed by atoms with E-state index in [1.54, 1.807) is 25.5 Å². The van der Waals surface area contributed by atoms with Crippen LogP contribution < -0.4 is 15.3 Å². The van der Waals surface area contributed by atoms with Crippen molar-refractivity contribution in [1.82, 2.24) is 24.1 Å². The van der Waals surface area contributed by atoms with E-state index >= 15 is 0 Å². The molecule has 1 amide bonds. The van der Waals surface area contributed by atoms with Gasteiger partial charge >= 0.3 is 5.69 Å². The Labute approximate surface area is 177 Å². The normalized spacial score (nSPS) is 17.1. The second-order valence-electron chi connectivity index (χ2n) is 7.53. The molecule has 9 nitrogen and oxygen atoms in total. The molecular weight excluding hydrogens is 408 g/mol. The van der Waals surface area contributed by atoms with Gasteiger partial charge in [0.2, 0.25) is 0 Å². The van der Waals surface area contributed by atoms with Crippen molar-refractivity contribution in [3.8, 4) is 5.75 Å². The van der Waals surface area contributed by atoms with E-state index in [4.69, 9.17) is 16.3 Å². The summed E-state index contributed by atoms with van der Waals surface area (Å²) in [5.41, 5.74) is 1.73. The van der Waals surface area contributed by atoms with Gasteiger partial charge in [0.15, 0.2) is 17.2 Å². The molecule has 30 heavy (non-hydrogen) atoms. The Balaban J connectivity index is 1.45. The van der Waals surface area contributed by atoms with Crippen LogP contribution >= 0.6 is 11.6 Å². The molecule has 0 spiro atoms. The van der Waals surface area contributed by atoms with E-state index in [0.717, 1.165) is 18.5 Å². The second-order valence-corrected chi connectivity index (χ2v) is 8.15. The van der Waals surface area contributed by atoms with Crippen LogP contribution in [-0.4, -0.2) is 61.6 Å². The molecule has 0 atom stereocenters. The number of hydrogen-bond donors (Lipinski definition) is 0. The zero-order valence-corrected chi connectivity index (χ0v) is 17.2. The van der Waals surface area contributed by atoms with Crippen LogP contribution in [0.4, 0.5) is 11.5 Å². The van der Waals surface area contributed by atoms with Gasteiger partial charge in [0, 0.05) is 49.7 Å². The quantitative estimate of drug-likeness (QED) is 0.579. The molecular formula is C20H21ClN6O3. The lowest BCUT2D eigenvalue weighted by Gasteiger charge is -2.31. The van der Waals surface area contributed by atoms with Crippen molar-refractivity contribution in [2.75, 3.05) is 31.1 Å². The van der Waals surface area contributed by atoms with Crippen molar-refractivity contribution in [3.05, 3.63) is 46.6 Å². The smallest absolute Gasteiger partial charge is 0.350 e. The fraction of sp³-hybridized carbons (Fsp3) is 0.400. The van der Waals surface area contributed by atoms with E-state index in [1.165, 1.54) is 9.08 Å². The Bertz CT molecular complexity index is 1180. The van der Waals surface area contributed by atoms with Crippen LogP contribution in [0.2, 0.25) is 0 Å². The fourth-order valence-corrected chi connectivity index (χ4v) is 4.13. The fourth-order valence-electron chi connectivity index (χ4n) is 3.94. The summed E-state index contributed by atoms with van der Waals surface area (Å²) in [5, 5.41) is 4.39. The maximum atomic E-state index is 12.9. The number of rotatable bonds is 2. The minimum Gasteiger partial charge on any atom is -0.488 e. The lowest BCUT2D eigenvalue weighted by molar-refractivity contribution is 0.0725. The number of aryl methyl sites for hydroxylation is 1. The van der Waals surface area contributed by atoms with Gasteiger partial charge in [0.1, 0.15) is 6.61 Å². The molecule has 0 unspecified atom stereocenters. The summed E-state index contributed by atoms with van der Waals surface area (Å²) in [6.07, 6.45) is 4.90. The highest BCUT2D eigenvalue weighted by Gasteiger charge is 2.26. The highest BCUT2D eigenvalue weighted by Crippen LogP contribution is 2.35. The number of alkyl halides is 1. The van der Waals surface area contributed by atoms with Crippen molar-refractivity contribution in [1.29, 1.82) is 0 Å². The van der Waals surface area contributed by atoms with Crippen LogP contribution in [0.25, 0.3) is 5.65 Å². The predicted octanol–water partition coefficient (Wildman–Crippen LogP) is 1.80. The zero-order chi connectivity index (χ0) is 20.8. The monoisotopic (exact) mass is 428 g/mol. The number of piperidine rings is 1. The number of anilines is 2. The van der Waals surface area contributed by atoms with Gasteiger partial charge in [0.25, 0.3) is 5.91 Å². The summed E-state index contributed by atoms with van der Waals surface area (Å²) in [7, 11) is 1.62. The largest absolute Gasteiger partial charge is 0.488 e. The summed E-state index contributed by atoms with van der Waals surface area (Å²) in [5.74, 6) is 1.15. The Morgan fingerprint density at radius 1 is 1.23 bits per heavy atom. The third-order valence-electron chi connectivity index (χ3n) is 5.58. The Morgan fingerprint density at radius 2 is 2.03 bits per heavy atom. The van der Waals surface area contributed by atoms with Crippen LogP contribution in [-0.2, 0) is 7.05 Å². The summed E-state index contributed by atoms with van der Waals surface area (Å²) in [6.45, 7) is 2.37. The molecule has 5 rings (SSSR count). The van der Waals surface area contributed by atoms with Crippen LogP contribution in [0.5, 0.6) is 5.75 Å². The highest BCUT2D eigenvalue weighted by molar-refractivity contribution is 6.20. The lowest BCUT2D eigenvalue weighted by atomic mass is 10.1. The third-order valence-corrected chi connectivity index (χ3v) is 6.02. The minimum absolute atomic E-state index is 0.0520. The third kappa shape index (κ3) is 3.19. The van der Waals surface area contributed by atoms with Crippen molar-refractivity contribution in [2.45, 2.75) is 18.2 Å². The minimum atomic E-state index is -0.196. The number of carbonyl (C=O) groups excluding carboxylic acids is 1. The summed E-state index contributed by atoms with van der Waals surface area (Å²) in [6, 6.07) is 5.45. The molecule has 3 aromatic heterocycles. The molecule has 2 aliphatic rings. The number of hydrogen-bond acceptors (Lipinski definition) is 6. The molecule has 0 bridgehead atoms. The molecule has 1 saturated heterocycles. The molecule has 156 valence electrons. The van der Waals surface area contributed by atoms with Crippen LogP contribution in [0.1, 0.15) is 23.2 Å². The number of fused-ring (bicyclic) bond motifs is 2. The Morgan fingerprint density at radius 3 is 2.83 bits per heavy atom. The first-order valence-corrected chi connectivity index (χ1v) is 10.3. The number of likely N-dealkylation sites (tertiary alicyclic amines) is 1. The number of halogens is 1. The summed E-state index contributed by atoms with van der Waals surface area (Å²) >= 11 is 6.15. The van der Waals surface area contributed by atoms with E-state index in [9.17, 15) is 9.59 Å². The van der Waals surface area contributed by atoms with Gasteiger partial charge in [-0.05, 0) is 25.0 Å². The summed E-state index contributed by atoms with van der Waals surface area (Å²) < 4.78 is 8.60. The van der Waals surface area contributed by atoms with E-state index in [2.05, 4.69) is 10.1 Å². The molecule has 0 aliphatic carbocycles. The van der Waals surface area contributed by atoms with Crippen molar-refractivity contribution < 1.29 is 9.53 Å². The van der Waals surface area contributed by atoms with Crippen LogP contribution in [0, 0.1) is 0 Å². The van der Waals surface area contributed by atoms with E-state index in [0.29, 0.717) is 49.0 Å². The molecule has 3 aromatic rings. The number of aromatic nitrogens is 4. The molecule has 1 fully saturated rings. The van der Waals surface area contributed by atoms with Crippen LogP contribution in [0.15, 0.2) is 35.4 Å². The molecule has 10 heteroatoms. The van der Waals surface area contributed by atoms with E-state index < -0.39 is 0 Å². The molecule has 0 saturated carbocycles. The first-order chi connectivity index (χ1) is 14.5. The topological polar surface area (TPSA) is 85.0 Å². The number of ether oxygens (including phenoxy) is 1. The van der Waals surface area contributed by atoms with Gasteiger partial charge in [-0.3, -0.25) is 9.20 Å². The average Bonchev–Trinajstić information content (AvgIpc) is 3.06. The molecule has 0 radical (unpaired) electrons. The van der Waals surface area contributed by atoms with Gasteiger partial charge < -0.3 is 14.5 Å².